The molecular weight excluding hydrogens is 376 g/mol. The van der Waals surface area contributed by atoms with Gasteiger partial charge in [-0.2, -0.15) is 0 Å². The van der Waals surface area contributed by atoms with Crippen molar-refractivity contribution in [2.24, 2.45) is 0 Å². The first kappa shape index (κ1) is 20.8. The van der Waals surface area contributed by atoms with Crippen molar-refractivity contribution >= 4 is 34.2 Å². The van der Waals surface area contributed by atoms with Crippen LogP contribution in [0.1, 0.15) is 51.3 Å². The summed E-state index contributed by atoms with van der Waals surface area (Å²) >= 11 is 6.20. The summed E-state index contributed by atoms with van der Waals surface area (Å²) in [5.41, 5.74) is 0.853. The zero-order chi connectivity index (χ0) is 20.1. The molecule has 1 atom stereocenters. The van der Waals surface area contributed by atoms with Gasteiger partial charge in [-0.25, -0.2) is 9.97 Å². The third-order valence-electron chi connectivity index (χ3n) is 5.09. The lowest BCUT2D eigenvalue weighted by Gasteiger charge is -2.25. The number of hydrogen-bond donors (Lipinski definition) is 1. The third-order valence-corrected chi connectivity index (χ3v) is 5.33. The molecule has 152 valence electrons. The van der Waals surface area contributed by atoms with Crippen molar-refractivity contribution in [3.8, 4) is 0 Å². The van der Waals surface area contributed by atoms with E-state index in [1.807, 2.05) is 25.1 Å². The number of nitrogens with one attached hydrogen (secondary N) is 1. The monoisotopic (exact) mass is 404 g/mol. The highest BCUT2D eigenvalue weighted by molar-refractivity contribution is 6.31. The van der Waals surface area contributed by atoms with E-state index >= 15 is 0 Å². The van der Waals surface area contributed by atoms with Crippen molar-refractivity contribution in [2.45, 2.75) is 51.5 Å². The molecule has 0 unspecified atom stereocenters. The van der Waals surface area contributed by atoms with Gasteiger partial charge in [0.2, 0.25) is 5.91 Å². The second-order valence-electron chi connectivity index (χ2n) is 7.45. The highest BCUT2D eigenvalue weighted by Crippen LogP contribution is 2.40. The summed E-state index contributed by atoms with van der Waals surface area (Å²) in [6.45, 7) is 5.87. The van der Waals surface area contributed by atoms with Gasteiger partial charge in [-0.15, -0.1) is 0 Å². The van der Waals surface area contributed by atoms with Crippen LogP contribution in [-0.4, -0.2) is 48.7 Å². The standard InChI is InChI=1S/C21H29ClN4O2/c1-4-14(2)23-19(27)9-10-26(11-12-28-3)21-17-8-7-16(22)13-18(17)24-20(25-21)15-5-6-15/h7-8,13-15H,4-6,9-12H2,1-3H3,(H,23,27)/t14-/m0/s1. The average molecular weight is 405 g/mol. The summed E-state index contributed by atoms with van der Waals surface area (Å²) in [5.74, 6) is 2.22. The Balaban J connectivity index is 1.88. The van der Waals surface area contributed by atoms with Crippen LogP contribution in [0, 0.1) is 0 Å². The van der Waals surface area contributed by atoms with Gasteiger partial charge in [-0.05, 0) is 44.4 Å². The molecule has 1 aromatic heterocycles. The topological polar surface area (TPSA) is 67.4 Å². The number of carbonyl (C=O) groups is 1. The fourth-order valence-electron chi connectivity index (χ4n) is 3.08. The molecule has 28 heavy (non-hydrogen) atoms. The summed E-state index contributed by atoms with van der Waals surface area (Å²) in [6.07, 6.45) is 3.58. The first-order valence-electron chi connectivity index (χ1n) is 10.0. The van der Waals surface area contributed by atoms with Crippen LogP contribution < -0.4 is 10.2 Å². The van der Waals surface area contributed by atoms with E-state index in [0.29, 0.717) is 37.1 Å². The second kappa shape index (κ2) is 9.52. The summed E-state index contributed by atoms with van der Waals surface area (Å²) in [5, 5.41) is 4.64. The van der Waals surface area contributed by atoms with Gasteiger partial charge in [0, 0.05) is 49.0 Å². The quantitative estimate of drug-likeness (QED) is 0.650. The smallest absolute Gasteiger partial charge is 0.221 e. The maximum absolute atomic E-state index is 12.3. The van der Waals surface area contributed by atoms with Crippen molar-refractivity contribution in [2.75, 3.05) is 31.7 Å². The summed E-state index contributed by atoms with van der Waals surface area (Å²) in [4.78, 5) is 24.0. The number of rotatable bonds is 10. The minimum absolute atomic E-state index is 0.0561. The van der Waals surface area contributed by atoms with Crippen molar-refractivity contribution in [3.05, 3.63) is 29.0 Å². The molecule has 0 bridgehead atoms. The van der Waals surface area contributed by atoms with Gasteiger partial charge in [0.1, 0.15) is 11.6 Å². The largest absolute Gasteiger partial charge is 0.383 e. The van der Waals surface area contributed by atoms with Crippen LogP contribution in [0.15, 0.2) is 18.2 Å². The number of fused-ring (bicyclic) bond motifs is 1. The van der Waals surface area contributed by atoms with Crippen LogP contribution in [0.3, 0.4) is 0 Å². The molecule has 1 aliphatic rings. The Hall–Kier alpha value is -1.92. The van der Waals surface area contributed by atoms with Crippen molar-refractivity contribution < 1.29 is 9.53 Å². The van der Waals surface area contributed by atoms with Gasteiger partial charge < -0.3 is 15.0 Å². The summed E-state index contributed by atoms with van der Waals surface area (Å²) in [6, 6.07) is 5.89. The molecule has 7 heteroatoms. The Labute approximate surface area is 171 Å². The van der Waals surface area contributed by atoms with E-state index in [0.717, 1.165) is 41.8 Å². The third kappa shape index (κ3) is 5.32. The highest BCUT2D eigenvalue weighted by atomic mass is 35.5. The number of nitrogens with zero attached hydrogens (tertiary/aromatic N) is 3. The zero-order valence-electron chi connectivity index (χ0n) is 16.9. The van der Waals surface area contributed by atoms with Crippen molar-refractivity contribution in [1.82, 2.24) is 15.3 Å². The van der Waals surface area contributed by atoms with E-state index in [1.165, 1.54) is 0 Å². The maximum atomic E-state index is 12.3. The molecule has 1 saturated carbocycles. The number of amides is 1. The summed E-state index contributed by atoms with van der Waals surface area (Å²) in [7, 11) is 1.68. The predicted molar refractivity (Wildman–Crippen MR) is 113 cm³/mol. The zero-order valence-corrected chi connectivity index (χ0v) is 17.6. The van der Waals surface area contributed by atoms with Gasteiger partial charge in [-0.3, -0.25) is 4.79 Å². The molecule has 1 heterocycles. The van der Waals surface area contributed by atoms with Crippen molar-refractivity contribution in [1.29, 1.82) is 0 Å². The highest BCUT2D eigenvalue weighted by Gasteiger charge is 2.28. The molecule has 6 nitrogen and oxygen atoms in total. The number of carbonyl (C=O) groups excluding carboxylic acids is 1. The van der Waals surface area contributed by atoms with Crippen LogP contribution in [0.4, 0.5) is 5.82 Å². The minimum atomic E-state index is 0.0561. The van der Waals surface area contributed by atoms with E-state index in [2.05, 4.69) is 17.1 Å². The molecule has 1 N–H and O–H groups in total. The Morgan fingerprint density at radius 3 is 2.82 bits per heavy atom. The van der Waals surface area contributed by atoms with E-state index in [1.54, 1.807) is 7.11 Å². The lowest BCUT2D eigenvalue weighted by atomic mass is 10.2. The SMILES string of the molecule is CC[C@H](C)NC(=O)CCN(CCOC)c1nc(C2CC2)nc2cc(Cl)ccc12. The Kier molecular flexibility index (Phi) is 7.08. The number of benzene rings is 1. The Morgan fingerprint density at radius 1 is 1.36 bits per heavy atom. The van der Waals surface area contributed by atoms with Crippen LogP contribution in [0.2, 0.25) is 5.02 Å². The molecule has 0 radical (unpaired) electrons. The lowest BCUT2D eigenvalue weighted by Crippen LogP contribution is -2.36. The van der Waals surface area contributed by atoms with Crippen LogP contribution >= 0.6 is 11.6 Å². The first-order chi connectivity index (χ1) is 13.5. The molecule has 2 aromatic rings. The number of hydrogen-bond acceptors (Lipinski definition) is 5. The minimum Gasteiger partial charge on any atom is -0.383 e. The molecular formula is C21H29ClN4O2. The van der Waals surface area contributed by atoms with E-state index < -0.39 is 0 Å². The van der Waals surface area contributed by atoms with Gasteiger partial charge in [-0.1, -0.05) is 18.5 Å². The molecule has 0 aliphatic heterocycles. The molecule has 1 aromatic carbocycles. The van der Waals surface area contributed by atoms with Crippen LogP contribution in [0.25, 0.3) is 10.9 Å². The van der Waals surface area contributed by atoms with Gasteiger partial charge in [0.05, 0.1) is 12.1 Å². The average Bonchev–Trinajstić information content (AvgIpc) is 3.52. The van der Waals surface area contributed by atoms with Crippen LogP contribution in [-0.2, 0) is 9.53 Å². The Bertz CT molecular complexity index is 825. The fraction of sp³-hybridized carbons (Fsp3) is 0.571. The molecule has 0 spiro atoms. The normalized spacial score (nSPS) is 14.9. The molecule has 0 saturated heterocycles. The number of methoxy groups -OCH3 is 1. The molecule has 1 aliphatic carbocycles. The van der Waals surface area contributed by atoms with Gasteiger partial charge >= 0.3 is 0 Å². The predicted octanol–water partition coefficient (Wildman–Crippen LogP) is 3.92. The number of halogens is 1. The van der Waals surface area contributed by atoms with E-state index in [9.17, 15) is 4.79 Å². The molecule has 1 fully saturated rings. The first-order valence-corrected chi connectivity index (χ1v) is 10.4. The molecule has 1 amide bonds. The number of aromatic nitrogens is 2. The van der Waals surface area contributed by atoms with Gasteiger partial charge in [0.15, 0.2) is 0 Å². The lowest BCUT2D eigenvalue weighted by molar-refractivity contribution is -0.121. The van der Waals surface area contributed by atoms with E-state index in [4.69, 9.17) is 26.3 Å². The maximum Gasteiger partial charge on any atom is 0.221 e. The van der Waals surface area contributed by atoms with Crippen molar-refractivity contribution in [3.63, 3.8) is 0 Å². The number of ether oxygens (including phenoxy) is 1. The second-order valence-corrected chi connectivity index (χ2v) is 7.88. The Morgan fingerprint density at radius 2 is 2.14 bits per heavy atom. The summed E-state index contributed by atoms with van der Waals surface area (Å²) < 4.78 is 5.30. The van der Waals surface area contributed by atoms with Crippen LogP contribution in [0.5, 0.6) is 0 Å². The van der Waals surface area contributed by atoms with Gasteiger partial charge in [0.25, 0.3) is 0 Å². The molecule has 3 rings (SSSR count). The number of anilines is 1. The fourth-order valence-corrected chi connectivity index (χ4v) is 3.25. The van der Waals surface area contributed by atoms with E-state index in [-0.39, 0.29) is 11.9 Å².